The fourth-order valence-corrected chi connectivity index (χ4v) is 2.35. The highest BCUT2D eigenvalue weighted by Crippen LogP contribution is 2.20. The number of nitrogens with two attached hydrogens (primary N) is 1. The van der Waals surface area contributed by atoms with E-state index in [1.165, 1.54) is 0 Å². The van der Waals surface area contributed by atoms with Crippen molar-refractivity contribution in [2.75, 3.05) is 32.7 Å². The number of aromatic nitrogens is 4. The van der Waals surface area contributed by atoms with Gasteiger partial charge in [0.25, 0.3) is 0 Å². The van der Waals surface area contributed by atoms with Crippen LogP contribution in [0, 0.1) is 0 Å². The lowest BCUT2D eigenvalue weighted by Gasteiger charge is -2.08. The van der Waals surface area contributed by atoms with E-state index in [0.717, 1.165) is 22.3 Å². The van der Waals surface area contributed by atoms with E-state index in [4.69, 9.17) is 19.9 Å². The second kappa shape index (κ2) is 8.41. The molecule has 3 rings (SSSR count). The summed E-state index contributed by atoms with van der Waals surface area (Å²) in [6.07, 6.45) is 1.85. The summed E-state index contributed by atoms with van der Waals surface area (Å²) in [6, 6.07) is 9.41. The third kappa shape index (κ3) is 4.88. The van der Waals surface area contributed by atoms with E-state index in [0.29, 0.717) is 38.8 Å². The SMILES string of the molecule is COCc1cn(CCOCCOc2ccc3nc(N)ccc3c2)nn1. The molecule has 0 radical (unpaired) electrons. The molecule has 8 heteroatoms. The molecule has 1 aromatic carbocycles. The molecule has 8 nitrogen and oxygen atoms in total. The second-order valence-corrected chi connectivity index (χ2v) is 5.46. The van der Waals surface area contributed by atoms with Crippen LogP contribution in [0.2, 0.25) is 0 Å². The Kier molecular flexibility index (Phi) is 5.76. The fraction of sp³-hybridized carbons (Fsp3) is 0.353. The minimum atomic E-state index is 0.461. The molecule has 0 aliphatic carbocycles. The first-order valence-corrected chi connectivity index (χ1v) is 7.99. The Morgan fingerprint density at radius 3 is 2.92 bits per heavy atom. The number of pyridine rings is 1. The van der Waals surface area contributed by atoms with Crippen molar-refractivity contribution in [3.05, 3.63) is 42.2 Å². The normalized spacial score (nSPS) is 11.1. The van der Waals surface area contributed by atoms with Gasteiger partial charge in [0.15, 0.2) is 0 Å². The standard InChI is InChI=1S/C17H21N5O3/c1-23-12-14-11-22(21-20-14)6-7-24-8-9-25-15-3-4-16-13(10-15)2-5-17(18)19-16/h2-5,10-11H,6-9,12H2,1H3,(H2,18,19). The van der Waals surface area contributed by atoms with Crippen molar-refractivity contribution in [2.45, 2.75) is 13.2 Å². The highest BCUT2D eigenvalue weighted by molar-refractivity contribution is 5.81. The van der Waals surface area contributed by atoms with E-state index >= 15 is 0 Å². The fourth-order valence-electron chi connectivity index (χ4n) is 2.35. The molecule has 0 amide bonds. The van der Waals surface area contributed by atoms with Gasteiger partial charge in [-0.3, -0.25) is 0 Å². The monoisotopic (exact) mass is 343 g/mol. The molecule has 0 spiro atoms. The first-order chi connectivity index (χ1) is 12.2. The van der Waals surface area contributed by atoms with Crippen LogP contribution in [-0.2, 0) is 22.6 Å². The van der Waals surface area contributed by atoms with Gasteiger partial charge in [-0.15, -0.1) is 5.10 Å². The number of nitrogen functional groups attached to an aromatic ring is 1. The van der Waals surface area contributed by atoms with Gasteiger partial charge in [0.1, 0.15) is 23.9 Å². The van der Waals surface area contributed by atoms with Gasteiger partial charge in [-0.2, -0.15) is 0 Å². The molecular weight excluding hydrogens is 322 g/mol. The average molecular weight is 343 g/mol. The molecule has 0 atom stereocenters. The van der Waals surface area contributed by atoms with E-state index in [1.54, 1.807) is 17.9 Å². The molecule has 2 N–H and O–H groups in total. The van der Waals surface area contributed by atoms with Crippen LogP contribution < -0.4 is 10.5 Å². The van der Waals surface area contributed by atoms with Crippen LogP contribution in [0.5, 0.6) is 5.75 Å². The Bertz CT molecular complexity index is 821. The topological polar surface area (TPSA) is 97.3 Å². The Hall–Kier alpha value is -2.71. The van der Waals surface area contributed by atoms with Crippen molar-refractivity contribution in [3.63, 3.8) is 0 Å². The number of methoxy groups -OCH3 is 1. The molecule has 0 bridgehead atoms. The summed E-state index contributed by atoms with van der Waals surface area (Å²) < 4.78 is 18.0. The molecule has 2 aromatic heterocycles. The summed E-state index contributed by atoms with van der Waals surface area (Å²) in [7, 11) is 1.63. The predicted molar refractivity (Wildman–Crippen MR) is 93.2 cm³/mol. The quantitative estimate of drug-likeness (QED) is 0.590. The highest BCUT2D eigenvalue weighted by Gasteiger charge is 2.01. The molecule has 3 aromatic rings. The van der Waals surface area contributed by atoms with E-state index in [9.17, 15) is 0 Å². The Morgan fingerprint density at radius 1 is 1.12 bits per heavy atom. The van der Waals surface area contributed by atoms with Gasteiger partial charge in [0.05, 0.1) is 38.1 Å². The summed E-state index contributed by atoms with van der Waals surface area (Å²) in [5.74, 6) is 1.29. The van der Waals surface area contributed by atoms with Crippen LogP contribution in [0.15, 0.2) is 36.5 Å². The van der Waals surface area contributed by atoms with Crippen LogP contribution >= 0.6 is 0 Å². The number of hydrogen-bond acceptors (Lipinski definition) is 7. The molecule has 0 aliphatic rings. The molecule has 2 heterocycles. The van der Waals surface area contributed by atoms with E-state index in [1.807, 2.05) is 30.5 Å². The highest BCUT2D eigenvalue weighted by atomic mass is 16.5. The van der Waals surface area contributed by atoms with E-state index < -0.39 is 0 Å². The average Bonchev–Trinajstić information content (AvgIpc) is 3.06. The van der Waals surface area contributed by atoms with Crippen LogP contribution in [0.25, 0.3) is 10.9 Å². The zero-order valence-electron chi connectivity index (χ0n) is 14.1. The maximum Gasteiger partial charge on any atom is 0.124 e. The summed E-state index contributed by atoms with van der Waals surface area (Å²) in [6.45, 7) is 2.61. The lowest BCUT2D eigenvalue weighted by Crippen LogP contribution is -2.11. The summed E-state index contributed by atoms with van der Waals surface area (Å²) >= 11 is 0. The largest absolute Gasteiger partial charge is 0.491 e. The molecular formula is C17H21N5O3. The number of hydrogen-bond donors (Lipinski definition) is 1. The van der Waals surface area contributed by atoms with Crippen molar-refractivity contribution in [1.82, 2.24) is 20.0 Å². The second-order valence-electron chi connectivity index (χ2n) is 5.46. The maximum atomic E-state index is 5.70. The summed E-state index contributed by atoms with van der Waals surface area (Å²) in [5.41, 5.74) is 7.33. The number of rotatable bonds is 9. The predicted octanol–water partition coefficient (Wildman–Crippen LogP) is 1.65. The first-order valence-electron chi connectivity index (χ1n) is 7.99. The van der Waals surface area contributed by atoms with Crippen molar-refractivity contribution < 1.29 is 14.2 Å². The Balaban J connectivity index is 1.37. The van der Waals surface area contributed by atoms with Crippen LogP contribution in [-0.4, -0.2) is 46.9 Å². The van der Waals surface area contributed by atoms with Crippen molar-refractivity contribution in [1.29, 1.82) is 0 Å². The van der Waals surface area contributed by atoms with Crippen molar-refractivity contribution in [2.24, 2.45) is 0 Å². The summed E-state index contributed by atoms with van der Waals surface area (Å²) in [4.78, 5) is 4.26. The zero-order valence-corrected chi connectivity index (χ0v) is 14.1. The lowest BCUT2D eigenvalue weighted by atomic mass is 10.2. The third-order valence-corrected chi connectivity index (χ3v) is 3.52. The Labute approximate surface area is 145 Å². The van der Waals surface area contributed by atoms with Gasteiger partial charge >= 0.3 is 0 Å². The maximum absolute atomic E-state index is 5.70. The van der Waals surface area contributed by atoms with Crippen LogP contribution in [0.3, 0.4) is 0 Å². The Morgan fingerprint density at radius 2 is 2.04 bits per heavy atom. The minimum Gasteiger partial charge on any atom is -0.491 e. The number of nitrogens with zero attached hydrogens (tertiary/aromatic N) is 4. The summed E-state index contributed by atoms with van der Waals surface area (Å²) in [5, 5.41) is 8.97. The van der Waals surface area contributed by atoms with E-state index in [2.05, 4.69) is 15.3 Å². The van der Waals surface area contributed by atoms with Gasteiger partial charge in [-0.25, -0.2) is 9.67 Å². The van der Waals surface area contributed by atoms with Gasteiger partial charge in [-0.05, 0) is 30.3 Å². The molecule has 0 fully saturated rings. The number of ether oxygens (including phenoxy) is 3. The van der Waals surface area contributed by atoms with Gasteiger partial charge in [0.2, 0.25) is 0 Å². The number of fused-ring (bicyclic) bond motifs is 1. The number of benzene rings is 1. The molecule has 0 aliphatic heterocycles. The van der Waals surface area contributed by atoms with Gasteiger partial charge in [-0.1, -0.05) is 5.21 Å². The lowest BCUT2D eigenvalue weighted by molar-refractivity contribution is 0.0924. The molecule has 25 heavy (non-hydrogen) atoms. The molecule has 0 saturated carbocycles. The zero-order chi connectivity index (χ0) is 17.5. The third-order valence-electron chi connectivity index (χ3n) is 3.52. The van der Waals surface area contributed by atoms with Gasteiger partial charge < -0.3 is 19.9 Å². The van der Waals surface area contributed by atoms with Crippen molar-refractivity contribution >= 4 is 16.7 Å². The van der Waals surface area contributed by atoms with E-state index in [-0.39, 0.29) is 0 Å². The van der Waals surface area contributed by atoms with Crippen molar-refractivity contribution in [3.8, 4) is 5.75 Å². The molecule has 0 saturated heterocycles. The van der Waals surface area contributed by atoms with Crippen LogP contribution in [0.1, 0.15) is 5.69 Å². The molecule has 132 valence electrons. The number of anilines is 1. The smallest absolute Gasteiger partial charge is 0.124 e. The molecule has 0 unspecified atom stereocenters. The van der Waals surface area contributed by atoms with Crippen LogP contribution in [0.4, 0.5) is 5.82 Å². The van der Waals surface area contributed by atoms with Gasteiger partial charge in [0, 0.05) is 12.5 Å². The minimum absolute atomic E-state index is 0.461. The first kappa shape index (κ1) is 17.1.